The number of rotatable bonds is 6. The van der Waals surface area contributed by atoms with Gasteiger partial charge in [0, 0.05) is 6.08 Å². The number of quaternary nitrogens is 1. The van der Waals surface area contributed by atoms with Crippen molar-refractivity contribution in [3.63, 3.8) is 0 Å². The summed E-state index contributed by atoms with van der Waals surface area (Å²) in [6.07, 6.45) is 3.16. The normalized spacial score (nSPS) is 12.5. The molecule has 0 heterocycles. The number of carbonyl (C=O) groups excluding carboxylic acids is 1. The van der Waals surface area contributed by atoms with E-state index in [9.17, 15) is 9.18 Å². The molecule has 120 valence electrons. The number of benzene rings is 2. The molecule has 0 saturated heterocycles. The second kappa shape index (κ2) is 8.25. The maximum absolute atomic E-state index is 12.9. The van der Waals surface area contributed by atoms with Crippen LogP contribution in [0.15, 0.2) is 60.7 Å². The number of amides is 1. The zero-order valence-electron chi connectivity index (χ0n) is 13.4. The van der Waals surface area contributed by atoms with Crippen LogP contribution in [0, 0.1) is 5.82 Å². The van der Waals surface area contributed by atoms with Gasteiger partial charge in [-0.05, 0) is 29.3 Å². The lowest BCUT2D eigenvalue weighted by atomic mass is 10.1. The molecule has 0 aliphatic rings. The molecule has 0 fully saturated rings. The molecular weight excluding hydrogens is 291 g/mol. The number of halogens is 1. The zero-order chi connectivity index (χ0) is 16.7. The number of hydrogen-bond donors (Lipinski definition) is 2. The molecule has 0 saturated carbocycles. The van der Waals surface area contributed by atoms with Crippen LogP contribution in [0.1, 0.15) is 17.2 Å². The van der Waals surface area contributed by atoms with E-state index in [0.29, 0.717) is 0 Å². The van der Waals surface area contributed by atoms with Crippen LogP contribution in [-0.2, 0) is 4.79 Å². The molecule has 0 radical (unpaired) electrons. The maximum atomic E-state index is 12.9. The Kier molecular flexibility index (Phi) is 6.06. The molecule has 1 amide bonds. The van der Waals surface area contributed by atoms with Crippen LogP contribution in [0.5, 0.6) is 0 Å². The predicted octanol–water partition coefficient (Wildman–Crippen LogP) is 1.84. The Labute approximate surface area is 136 Å². The van der Waals surface area contributed by atoms with Crippen LogP contribution in [0.25, 0.3) is 6.08 Å². The highest BCUT2D eigenvalue weighted by Crippen LogP contribution is 2.11. The van der Waals surface area contributed by atoms with E-state index in [1.54, 1.807) is 18.2 Å². The van der Waals surface area contributed by atoms with Crippen molar-refractivity contribution >= 4 is 12.0 Å². The number of carbonyl (C=O) groups is 1. The van der Waals surface area contributed by atoms with Crippen LogP contribution in [0.3, 0.4) is 0 Å². The van der Waals surface area contributed by atoms with Gasteiger partial charge in [-0.2, -0.15) is 0 Å². The van der Waals surface area contributed by atoms with Gasteiger partial charge in [-0.25, -0.2) is 4.39 Å². The Morgan fingerprint density at radius 1 is 1.13 bits per heavy atom. The van der Waals surface area contributed by atoms with Gasteiger partial charge in [-0.15, -0.1) is 0 Å². The molecule has 0 aliphatic carbocycles. The van der Waals surface area contributed by atoms with Crippen molar-refractivity contribution in [3.8, 4) is 0 Å². The van der Waals surface area contributed by atoms with Crippen molar-refractivity contribution in [2.24, 2.45) is 0 Å². The molecule has 3 nitrogen and oxygen atoms in total. The van der Waals surface area contributed by atoms with E-state index in [1.807, 2.05) is 30.3 Å². The molecule has 0 aromatic heterocycles. The average Bonchev–Trinajstić information content (AvgIpc) is 2.54. The Hall–Kier alpha value is -2.46. The van der Waals surface area contributed by atoms with Crippen LogP contribution in [0.2, 0.25) is 0 Å². The Balaban J connectivity index is 2.04. The van der Waals surface area contributed by atoms with E-state index in [2.05, 4.69) is 19.4 Å². The third-order valence-corrected chi connectivity index (χ3v) is 3.43. The fraction of sp³-hybridized carbons (Fsp3) is 0.211. The summed E-state index contributed by atoms with van der Waals surface area (Å²) in [7, 11) is 4.10. The largest absolute Gasteiger partial charge is 0.340 e. The summed E-state index contributed by atoms with van der Waals surface area (Å²) in [5, 5.41) is 3.03. The van der Waals surface area contributed by atoms with Crippen molar-refractivity contribution in [2.45, 2.75) is 6.04 Å². The minimum atomic E-state index is -0.287. The summed E-state index contributed by atoms with van der Waals surface area (Å²) in [4.78, 5) is 13.4. The monoisotopic (exact) mass is 313 g/mol. The quantitative estimate of drug-likeness (QED) is 0.784. The van der Waals surface area contributed by atoms with Crippen molar-refractivity contribution in [1.82, 2.24) is 5.32 Å². The van der Waals surface area contributed by atoms with Crippen molar-refractivity contribution in [1.29, 1.82) is 0 Å². The third kappa shape index (κ3) is 5.68. The summed E-state index contributed by atoms with van der Waals surface area (Å²) in [5.74, 6) is -0.450. The highest BCUT2D eigenvalue weighted by Gasteiger charge is 2.16. The van der Waals surface area contributed by atoms with E-state index in [0.717, 1.165) is 17.7 Å². The van der Waals surface area contributed by atoms with Crippen molar-refractivity contribution in [2.75, 3.05) is 20.6 Å². The smallest absolute Gasteiger partial charge is 0.244 e. The first kappa shape index (κ1) is 16.9. The first-order valence-corrected chi connectivity index (χ1v) is 7.62. The molecular formula is C19H22FN2O+. The van der Waals surface area contributed by atoms with Gasteiger partial charge in [0.15, 0.2) is 0 Å². The molecule has 0 bridgehead atoms. The van der Waals surface area contributed by atoms with Gasteiger partial charge in [0.1, 0.15) is 18.4 Å². The first-order valence-electron chi connectivity index (χ1n) is 7.62. The predicted molar refractivity (Wildman–Crippen MR) is 90.4 cm³/mol. The first-order chi connectivity index (χ1) is 11.0. The lowest BCUT2D eigenvalue weighted by Gasteiger charge is -2.20. The van der Waals surface area contributed by atoms with Crippen LogP contribution >= 0.6 is 0 Å². The van der Waals surface area contributed by atoms with E-state index < -0.39 is 0 Å². The zero-order valence-corrected chi connectivity index (χ0v) is 13.4. The Morgan fingerprint density at radius 2 is 1.78 bits per heavy atom. The molecule has 0 spiro atoms. The molecule has 2 rings (SSSR count). The molecule has 1 atom stereocenters. The lowest BCUT2D eigenvalue weighted by molar-refractivity contribution is -0.860. The third-order valence-electron chi connectivity index (χ3n) is 3.43. The summed E-state index contributed by atoms with van der Waals surface area (Å²) in [6, 6.07) is 15.9. The van der Waals surface area contributed by atoms with Gasteiger partial charge in [0.25, 0.3) is 0 Å². The van der Waals surface area contributed by atoms with E-state index in [1.165, 1.54) is 23.1 Å². The highest BCUT2D eigenvalue weighted by atomic mass is 19.1. The minimum absolute atomic E-state index is 0.0495. The molecule has 2 N–H and O–H groups in total. The Morgan fingerprint density at radius 3 is 2.39 bits per heavy atom. The summed E-state index contributed by atoms with van der Waals surface area (Å²) in [6.45, 7) is 0.792. The second-order valence-corrected chi connectivity index (χ2v) is 5.77. The highest BCUT2D eigenvalue weighted by molar-refractivity contribution is 5.92. The second-order valence-electron chi connectivity index (χ2n) is 5.77. The van der Waals surface area contributed by atoms with Gasteiger partial charge < -0.3 is 10.2 Å². The van der Waals surface area contributed by atoms with Gasteiger partial charge in [0.2, 0.25) is 5.91 Å². The molecule has 2 aromatic carbocycles. The van der Waals surface area contributed by atoms with Gasteiger partial charge in [0.05, 0.1) is 14.1 Å². The van der Waals surface area contributed by atoms with E-state index in [-0.39, 0.29) is 17.8 Å². The minimum Gasteiger partial charge on any atom is -0.340 e. The van der Waals surface area contributed by atoms with Crippen molar-refractivity contribution in [3.05, 3.63) is 77.6 Å². The fourth-order valence-corrected chi connectivity index (χ4v) is 2.31. The van der Waals surface area contributed by atoms with Crippen molar-refractivity contribution < 1.29 is 14.1 Å². The summed E-state index contributed by atoms with van der Waals surface area (Å²) in [5.41, 5.74) is 1.87. The molecule has 2 aromatic rings. The van der Waals surface area contributed by atoms with Crippen LogP contribution in [0.4, 0.5) is 4.39 Å². The summed E-state index contributed by atoms with van der Waals surface area (Å²) < 4.78 is 12.9. The van der Waals surface area contributed by atoms with Gasteiger partial charge in [-0.1, -0.05) is 42.5 Å². The average molecular weight is 313 g/mol. The number of nitrogens with one attached hydrogen (secondary N) is 2. The lowest BCUT2D eigenvalue weighted by Crippen LogP contribution is -3.06. The fourth-order valence-electron chi connectivity index (χ4n) is 2.31. The Bertz CT molecular complexity index is 651. The summed E-state index contributed by atoms with van der Waals surface area (Å²) >= 11 is 0. The van der Waals surface area contributed by atoms with E-state index >= 15 is 0 Å². The molecule has 23 heavy (non-hydrogen) atoms. The van der Waals surface area contributed by atoms with Crippen LogP contribution < -0.4 is 10.2 Å². The topological polar surface area (TPSA) is 33.5 Å². The van der Waals surface area contributed by atoms with E-state index in [4.69, 9.17) is 0 Å². The standard InChI is InChI=1S/C19H21FN2O/c1-22(2)14-18(16-6-4-3-5-7-16)21-19(23)13-10-15-8-11-17(20)12-9-15/h3-13,18H,14H2,1-2H3,(H,21,23)/p+1/b13-10+/t18-/m1/s1. The molecule has 4 heteroatoms. The van der Waals surface area contributed by atoms with Gasteiger partial charge >= 0.3 is 0 Å². The number of likely N-dealkylation sites (N-methyl/N-ethyl adjacent to an activating group) is 1. The van der Waals surface area contributed by atoms with Gasteiger partial charge in [-0.3, -0.25) is 4.79 Å². The number of hydrogen-bond acceptors (Lipinski definition) is 1. The molecule has 0 unspecified atom stereocenters. The van der Waals surface area contributed by atoms with Crippen LogP contribution in [-0.4, -0.2) is 26.5 Å². The SMILES string of the molecule is C[NH+](C)C[C@@H](NC(=O)/C=C/c1ccc(F)cc1)c1ccccc1. The maximum Gasteiger partial charge on any atom is 0.244 e. The molecule has 0 aliphatic heterocycles.